The number of carbonyl (C=O) groups is 2. The first-order chi connectivity index (χ1) is 11.0. The van der Waals surface area contributed by atoms with Crippen molar-refractivity contribution in [3.8, 4) is 0 Å². The summed E-state index contributed by atoms with van der Waals surface area (Å²) in [7, 11) is 0. The lowest BCUT2D eigenvalue weighted by molar-refractivity contribution is -0.124. The fourth-order valence-electron chi connectivity index (χ4n) is 1.77. The third-order valence-corrected chi connectivity index (χ3v) is 3.67. The molecular weight excluding hydrogens is 361 g/mol. The quantitative estimate of drug-likeness (QED) is 0.803. The summed E-state index contributed by atoms with van der Waals surface area (Å²) in [6.07, 6.45) is 0. The minimum absolute atomic E-state index is 0.182. The maximum absolute atomic E-state index is 11.8. The molecule has 2 aromatic carbocycles. The molecule has 0 saturated heterocycles. The van der Waals surface area contributed by atoms with Crippen LogP contribution in [0.2, 0.25) is 15.1 Å². The molecule has 120 valence electrons. The zero-order chi connectivity index (χ0) is 16.8. The lowest BCUT2D eigenvalue weighted by atomic mass is 10.2. The summed E-state index contributed by atoms with van der Waals surface area (Å²) >= 11 is 17.6. The summed E-state index contributed by atoms with van der Waals surface area (Å²) in [5.41, 5.74) is 0.955. The number of rotatable bonds is 5. The average Bonchev–Trinajstić information content (AvgIpc) is 2.51. The van der Waals surface area contributed by atoms with E-state index in [-0.39, 0.29) is 12.1 Å². The second-order valence-corrected chi connectivity index (χ2v) is 5.88. The number of benzene rings is 2. The predicted molar refractivity (Wildman–Crippen MR) is 90.0 cm³/mol. The monoisotopic (exact) mass is 371 g/mol. The average molecular weight is 373 g/mol. The highest BCUT2D eigenvalue weighted by Gasteiger charge is 2.12. The van der Waals surface area contributed by atoms with E-state index in [0.29, 0.717) is 15.1 Å². The van der Waals surface area contributed by atoms with E-state index in [0.717, 1.165) is 5.56 Å². The van der Waals surface area contributed by atoms with Crippen molar-refractivity contribution in [2.24, 2.45) is 0 Å². The molecule has 0 heterocycles. The van der Waals surface area contributed by atoms with Crippen LogP contribution < -0.4 is 5.32 Å². The van der Waals surface area contributed by atoms with Gasteiger partial charge in [0.05, 0.1) is 5.56 Å². The Morgan fingerprint density at radius 2 is 1.65 bits per heavy atom. The number of hydrogen-bond acceptors (Lipinski definition) is 3. The number of amides is 1. The van der Waals surface area contributed by atoms with E-state index >= 15 is 0 Å². The first-order valence-electron chi connectivity index (χ1n) is 6.59. The Kier molecular flexibility index (Phi) is 6.28. The molecule has 0 radical (unpaired) electrons. The van der Waals surface area contributed by atoms with Crippen LogP contribution in [0.25, 0.3) is 0 Å². The number of nitrogens with one attached hydrogen (secondary N) is 1. The van der Waals surface area contributed by atoms with Crippen molar-refractivity contribution in [1.82, 2.24) is 5.32 Å². The van der Waals surface area contributed by atoms with Crippen molar-refractivity contribution in [2.45, 2.75) is 6.54 Å². The summed E-state index contributed by atoms with van der Waals surface area (Å²) in [6.45, 7) is -0.160. The summed E-state index contributed by atoms with van der Waals surface area (Å²) < 4.78 is 4.92. The van der Waals surface area contributed by atoms with Crippen molar-refractivity contribution >= 4 is 46.7 Å². The normalized spacial score (nSPS) is 10.2. The Morgan fingerprint density at radius 3 is 2.30 bits per heavy atom. The topological polar surface area (TPSA) is 55.4 Å². The molecule has 0 atom stereocenters. The molecule has 23 heavy (non-hydrogen) atoms. The standard InChI is InChI=1S/C16H12Cl3NO3/c17-12-5-11(6-13(18)7-12)16(22)23-9-15(21)20-8-10-3-1-2-4-14(10)19/h1-7H,8-9H2,(H,20,21). The van der Waals surface area contributed by atoms with E-state index in [1.807, 2.05) is 6.07 Å². The van der Waals surface area contributed by atoms with E-state index < -0.39 is 18.5 Å². The summed E-state index contributed by atoms with van der Waals surface area (Å²) in [4.78, 5) is 23.6. The number of carbonyl (C=O) groups excluding carboxylic acids is 2. The number of esters is 1. The summed E-state index contributed by atoms with van der Waals surface area (Å²) in [5, 5.41) is 3.80. The minimum atomic E-state index is -0.678. The lowest BCUT2D eigenvalue weighted by Crippen LogP contribution is -2.28. The smallest absolute Gasteiger partial charge is 0.338 e. The van der Waals surface area contributed by atoms with Crippen LogP contribution in [0.1, 0.15) is 15.9 Å². The molecule has 0 saturated carbocycles. The van der Waals surface area contributed by atoms with Gasteiger partial charge in [-0.25, -0.2) is 4.79 Å². The fourth-order valence-corrected chi connectivity index (χ4v) is 2.50. The first kappa shape index (κ1) is 17.6. The molecule has 0 unspecified atom stereocenters. The molecule has 0 aliphatic heterocycles. The molecule has 0 aromatic heterocycles. The molecule has 4 nitrogen and oxygen atoms in total. The molecule has 1 amide bonds. The van der Waals surface area contributed by atoms with Crippen LogP contribution >= 0.6 is 34.8 Å². The summed E-state index contributed by atoms with van der Waals surface area (Å²) in [6, 6.07) is 11.5. The molecular formula is C16H12Cl3NO3. The van der Waals surface area contributed by atoms with Crippen LogP contribution in [0.15, 0.2) is 42.5 Å². The largest absolute Gasteiger partial charge is 0.452 e. The van der Waals surface area contributed by atoms with Gasteiger partial charge in [0.25, 0.3) is 5.91 Å². The van der Waals surface area contributed by atoms with Crippen molar-refractivity contribution in [3.63, 3.8) is 0 Å². The van der Waals surface area contributed by atoms with Crippen LogP contribution in [0.5, 0.6) is 0 Å². The van der Waals surface area contributed by atoms with Crippen LogP contribution in [-0.2, 0) is 16.1 Å². The molecule has 7 heteroatoms. The highest BCUT2D eigenvalue weighted by atomic mass is 35.5. The lowest BCUT2D eigenvalue weighted by Gasteiger charge is -2.08. The van der Waals surface area contributed by atoms with Gasteiger partial charge in [-0.05, 0) is 29.8 Å². The number of halogens is 3. The maximum atomic E-state index is 11.8. The predicted octanol–water partition coefficient (Wildman–Crippen LogP) is 4.12. The van der Waals surface area contributed by atoms with Gasteiger partial charge in [-0.2, -0.15) is 0 Å². The second-order valence-electron chi connectivity index (χ2n) is 4.60. The van der Waals surface area contributed by atoms with Gasteiger partial charge < -0.3 is 10.1 Å². The van der Waals surface area contributed by atoms with E-state index in [4.69, 9.17) is 39.5 Å². The molecule has 1 N–H and O–H groups in total. The maximum Gasteiger partial charge on any atom is 0.338 e. The third-order valence-electron chi connectivity index (χ3n) is 2.87. The molecule has 0 aliphatic carbocycles. The highest BCUT2D eigenvalue weighted by molar-refractivity contribution is 6.35. The SMILES string of the molecule is O=C(COC(=O)c1cc(Cl)cc(Cl)c1)NCc1ccccc1Cl. The van der Waals surface area contributed by atoms with Crippen LogP contribution in [0.4, 0.5) is 0 Å². The van der Waals surface area contributed by atoms with E-state index in [9.17, 15) is 9.59 Å². The van der Waals surface area contributed by atoms with Crippen molar-refractivity contribution in [2.75, 3.05) is 6.61 Å². The van der Waals surface area contributed by atoms with Gasteiger partial charge in [0, 0.05) is 21.6 Å². The molecule has 0 spiro atoms. The van der Waals surface area contributed by atoms with Crippen molar-refractivity contribution < 1.29 is 14.3 Å². The Morgan fingerprint density at radius 1 is 1.00 bits per heavy atom. The zero-order valence-corrected chi connectivity index (χ0v) is 14.1. The Hall–Kier alpha value is -1.75. The van der Waals surface area contributed by atoms with Crippen molar-refractivity contribution in [1.29, 1.82) is 0 Å². The summed E-state index contributed by atoms with van der Waals surface area (Å²) in [5.74, 6) is -1.12. The minimum Gasteiger partial charge on any atom is -0.452 e. The van der Waals surface area contributed by atoms with Crippen LogP contribution in [0, 0.1) is 0 Å². The second kappa shape index (κ2) is 8.20. The molecule has 2 rings (SSSR count). The van der Waals surface area contributed by atoms with E-state index in [2.05, 4.69) is 5.32 Å². The van der Waals surface area contributed by atoms with Gasteiger partial charge in [0.1, 0.15) is 0 Å². The number of hydrogen-bond donors (Lipinski definition) is 1. The van der Waals surface area contributed by atoms with Crippen LogP contribution in [0.3, 0.4) is 0 Å². The molecule has 0 bridgehead atoms. The van der Waals surface area contributed by atoms with Gasteiger partial charge in [-0.3, -0.25) is 4.79 Å². The van der Waals surface area contributed by atoms with E-state index in [1.165, 1.54) is 18.2 Å². The van der Waals surface area contributed by atoms with Gasteiger partial charge >= 0.3 is 5.97 Å². The Balaban J connectivity index is 1.84. The number of ether oxygens (including phenoxy) is 1. The zero-order valence-electron chi connectivity index (χ0n) is 11.8. The molecule has 0 fully saturated rings. The molecule has 0 aliphatic rings. The third kappa shape index (κ3) is 5.43. The van der Waals surface area contributed by atoms with Gasteiger partial charge in [-0.15, -0.1) is 0 Å². The van der Waals surface area contributed by atoms with E-state index in [1.54, 1.807) is 18.2 Å². The highest BCUT2D eigenvalue weighted by Crippen LogP contribution is 2.19. The fraction of sp³-hybridized carbons (Fsp3) is 0.125. The molecule has 2 aromatic rings. The Bertz CT molecular complexity index is 714. The van der Waals surface area contributed by atoms with Gasteiger partial charge in [0.2, 0.25) is 0 Å². The van der Waals surface area contributed by atoms with Gasteiger partial charge in [-0.1, -0.05) is 53.0 Å². The Labute approximate surface area is 148 Å². The van der Waals surface area contributed by atoms with Gasteiger partial charge in [0.15, 0.2) is 6.61 Å². The van der Waals surface area contributed by atoms with Crippen molar-refractivity contribution in [3.05, 3.63) is 68.7 Å². The first-order valence-corrected chi connectivity index (χ1v) is 7.72. The van der Waals surface area contributed by atoms with Crippen LogP contribution in [-0.4, -0.2) is 18.5 Å².